The van der Waals surface area contributed by atoms with E-state index >= 15 is 0 Å². The fourth-order valence-corrected chi connectivity index (χ4v) is 4.63. The molecule has 1 saturated heterocycles. The zero-order valence-electron chi connectivity index (χ0n) is 16.3. The van der Waals surface area contributed by atoms with E-state index in [1.54, 1.807) is 13.3 Å². The molecule has 8 heteroatoms. The SMILES string of the molecule is CO[C@@H]1C[C@H]2CN(Cc3ccc(C(F)(F)F)nc3)C[C@H]2C[C@H]1Nc1ccccn1. The minimum atomic E-state index is -4.40. The molecule has 29 heavy (non-hydrogen) atoms. The quantitative estimate of drug-likeness (QED) is 0.818. The number of nitrogens with one attached hydrogen (secondary N) is 1. The molecule has 0 spiro atoms. The summed E-state index contributed by atoms with van der Waals surface area (Å²) in [6.07, 6.45) is 0.783. The fraction of sp³-hybridized carbons (Fsp3) is 0.524. The van der Waals surface area contributed by atoms with Gasteiger partial charge in [-0.3, -0.25) is 9.88 Å². The number of hydrogen-bond acceptors (Lipinski definition) is 5. The van der Waals surface area contributed by atoms with Crippen LogP contribution in [0.5, 0.6) is 0 Å². The number of anilines is 1. The molecule has 1 aliphatic heterocycles. The summed E-state index contributed by atoms with van der Waals surface area (Å²) in [4.78, 5) is 10.3. The Morgan fingerprint density at radius 1 is 1.10 bits per heavy atom. The molecule has 0 radical (unpaired) electrons. The van der Waals surface area contributed by atoms with Crippen LogP contribution >= 0.6 is 0 Å². The summed E-state index contributed by atoms with van der Waals surface area (Å²) >= 11 is 0. The Hall–Kier alpha value is -2.19. The summed E-state index contributed by atoms with van der Waals surface area (Å²) in [5.74, 6) is 1.91. The Morgan fingerprint density at radius 3 is 2.52 bits per heavy atom. The van der Waals surface area contributed by atoms with Gasteiger partial charge in [0.25, 0.3) is 0 Å². The van der Waals surface area contributed by atoms with Gasteiger partial charge in [0.2, 0.25) is 0 Å². The van der Waals surface area contributed by atoms with Crippen molar-refractivity contribution in [3.05, 3.63) is 54.0 Å². The lowest BCUT2D eigenvalue weighted by atomic mass is 9.77. The number of pyridine rings is 2. The molecule has 0 amide bonds. The molecule has 0 unspecified atom stereocenters. The Labute approximate surface area is 168 Å². The van der Waals surface area contributed by atoms with Crippen molar-refractivity contribution in [2.75, 3.05) is 25.5 Å². The Balaban J connectivity index is 1.38. The van der Waals surface area contributed by atoms with Crippen LogP contribution in [0.15, 0.2) is 42.7 Å². The van der Waals surface area contributed by atoms with E-state index in [1.807, 2.05) is 18.2 Å². The first-order valence-electron chi connectivity index (χ1n) is 9.87. The molecule has 4 rings (SSSR count). The van der Waals surface area contributed by atoms with Gasteiger partial charge in [0.05, 0.1) is 12.1 Å². The number of methoxy groups -OCH3 is 1. The van der Waals surface area contributed by atoms with Gasteiger partial charge in [0.1, 0.15) is 11.5 Å². The second-order valence-corrected chi connectivity index (χ2v) is 7.98. The van der Waals surface area contributed by atoms with Crippen LogP contribution in [-0.4, -0.2) is 47.2 Å². The van der Waals surface area contributed by atoms with Crippen molar-refractivity contribution in [3.8, 4) is 0 Å². The van der Waals surface area contributed by atoms with Gasteiger partial charge in [-0.1, -0.05) is 12.1 Å². The molecule has 5 nitrogen and oxygen atoms in total. The molecule has 2 fully saturated rings. The van der Waals surface area contributed by atoms with E-state index in [9.17, 15) is 13.2 Å². The van der Waals surface area contributed by atoms with Crippen LogP contribution in [0.3, 0.4) is 0 Å². The molecule has 156 valence electrons. The average Bonchev–Trinajstić information content (AvgIpc) is 3.09. The first kappa shape index (κ1) is 20.1. The minimum Gasteiger partial charge on any atom is -0.379 e. The third-order valence-corrected chi connectivity index (χ3v) is 6.01. The van der Waals surface area contributed by atoms with Gasteiger partial charge in [0, 0.05) is 39.1 Å². The van der Waals surface area contributed by atoms with Gasteiger partial charge >= 0.3 is 6.18 Å². The number of rotatable bonds is 5. The third-order valence-electron chi connectivity index (χ3n) is 6.01. The molecule has 0 bridgehead atoms. The van der Waals surface area contributed by atoms with Crippen LogP contribution in [0.1, 0.15) is 24.1 Å². The van der Waals surface area contributed by atoms with Crippen molar-refractivity contribution >= 4 is 5.82 Å². The van der Waals surface area contributed by atoms with Crippen molar-refractivity contribution in [1.82, 2.24) is 14.9 Å². The van der Waals surface area contributed by atoms with Crippen LogP contribution < -0.4 is 5.32 Å². The van der Waals surface area contributed by atoms with Crippen molar-refractivity contribution in [2.45, 2.75) is 37.7 Å². The van der Waals surface area contributed by atoms with E-state index in [2.05, 4.69) is 20.2 Å². The number of nitrogens with zero attached hydrogens (tertiary/aromatic N) is 3. The van der Waals surface area contributed by atoms with Crippen LogP contribution in [0, 0.1) is 11.8 Å². The lowest BCUT2D eigenvalue weighted by Crippen LogP contribution is -2.44. The van der Waals surface area contributed by atoms with Crippen LogP contribution in [0.4, 0.5) is 19.0 Å². The molecule has 2 aromatic heterocycles. The monoisotopic (exact) mass is 406 g/mol. The lowest BCUT2D eigenvalue weighted by molar-refractivity contribution is -0.141. The van der Waals surface area contributed by atoms with Crippen molar-refractivity contribution in [3.63, 3.8) is 0 Å². The number of hydrogen-bond donors (Lipinski definition) is 1. The summed E-state index contributed by atoms with van der Waals surface area (Å²) in [5, 5.41) is 3.51. The molecule has 1 aliphatic carbocycles. The summed E-state index contributed by atoms with van der Waals surface area (Å²) in [5.41, 5.74) is -0.0363. The number of aromatic nitrogens is 2. The Bertz CT molecular complexity index is 800. The molecule has 1 saturated carbocycles. The Morgan fingerprint density at radius 2 is 1.90 bits per heavy atom. The van der Waals surface area contributed by atoms with Gasteiger partial charge in [-0.2, -0.15) is 13.2 Å². The maximum atomic E-state index is 12.7. The number of likely N-dealkylation sites (tertiary alicyclic amines) is 1. The number of ether oxygens (including phenoxy) is 1. The molecular weight excluding hydrogens is 381 g/mol. The zero-order chi connectivity index (χ0) is 20.4. The molecule has 1 N–H and O–H groups in total. The summed E-state index contributed by atoms with van der Waals surface area (Å²) in [6.45, 7) is 2.48. The van der Waals surface area contributed by atoms with Crippen molar-refractivity contribution in [2.24, 2.45) is 11.8 Å². The van der Waals surface area contributed by atoms with Gasteiger partial charge in [-0.05, 0) is 48.4 Å². The normalized spacial score (nSPS) is 27.6. The van der Waals surface area contributed by atoms with E-state index in [-0.39, 0.29) is 12.1 Å². The minimum absolute atomic E-state index is 0.117. The number of fused-ring (bicyclic) bond motifs is 1. The maximum Gasteiger partial charge on any atom is 0.433 e. The highest BCUT2D eigenvalue weighted by Crippen LogP contribution is 2.39. The van der Waals surface area contributed by atoms with Crippen LogP contribution in [0.25, 0.3) is 0 Å². The smallest absolute Gasteiger partial charge is 0.379 e. The molecular formula is C21H25F3N4O. The lowest BCUT2D eigenvalue weighted by Gasteiger charge is -2.37. The van der Waals surface area contributed by atoms with E-state index in [0.717, 1.165) is 43.4 Å². The van der Waals surface area contributed by atoms with Gasteiger partial charge in [-0.25, -0.2) is 4.98 Å². The maximum absolute atomic E-state index is 12.7. The highest BCUT2D eigenvalue weighted by molar-refractivity contribution is 5.35. The highest BCUT2D eigenvalue weighted by Gasteiger charge is 2.42. The topological polar surface area (TPSA) is 50.3 Å². The fourth-order valence-electron chi connectivity index (χ4n) is 4.63. The van der Waals surface area contributed by atoms with E-state index in [1.165, 1.54) is 12.3 Å². The van der Waals surface area contributed by atoms with Crippen molar-refractivity contribution < 1.29 is 17.9 Å². The van der Waals surface area contributed by atoms with Crippen LogP contribution in [-0.2, 0) is 17.5 Å². The molecule has 2 aliphatic rings. The van der Waals surface area contributed by atoms with Gasteiger partial charge in [-0.15, -0.1) is 0 Å². The van der Waals surface area contributed by atoms with E-state index in [4.69, 9.17) is 4.74 Å². The zero-order valence-corrected chi connectivity index (χ0v) is 16.3. The summed E-state index contributed by atoms with van der Waals surface area (Å²) < 4.78 is 43.8. The van der Waals surface area contributed by atoms with Gasteiger partial charge in [0.15, 0.2) is 0 Å². The van der Waals surface area contributed by atoms with Gasteiger partial charge < -0.3 is 10.1 Å². The first-order valence-corrected chi connectivity index (χ1v) is 9.87. The van der Waals surface area contributed by atoms with Crippen LogP contribution in [0.2, 0.25) is 0 Å². The summed E-state index contributed by atoms with van der Waals surface area (Å²) in [6, 6.07) is 8.59. The Kier molecular flexibility index (Phi) is 5.74. The average molecular weight is 406 g/mol. The second kappa shape index (κ2) is 8.28. The highest BCUT2D eigenvalue weighted by atomic mass is 19.4. The van der Waals surface area contributed by atoms with E-state index in [0.29, 0.717) is 18.4 Å². The molecule has 4 atom stereocenters. The predicted octanol–water partition coefficient (Wildman–Crippen LogP) is 3.83. The number of alkyl halides is 3. The first-order chi connectivity index (χ1) is 13.9. The molecule has 3 heterocycles. The largest absolute Gasteiger partial charge is 0.433 e. The second-order valence-electron chi connectivity index (χ2n) is 7.98. The number of halogens is 3. The van der Waals surface area contributed by atoms with Crippen molar-refractivity contribution in [1.29, 1.82) is 0 Å². The van der Waals surface area contributed by atoms with E-state index < -0.39 is 11.9 Å². The molecule has 0 aromatic carbocycles. The predicted molar refractivity (Wildman–Crippen MR) is 103 cm³/mol. The standard InChI is InChI=1S/C21H25F3N4O/c1-29-18-9-16-13-28(11-14-5-6-19(26-10-14)21(22,23)24)12-15(16)8-17(18)27-20-4-2-3-7-25-20/h2-7,10,15-18H,8-9,11-13H2,1H3,(H,25,27)/t15-,16+,17-,18-/m1/s1. The third kappa shape index (κ3) is 4.70. The molecule has 2 aromatic rings. The summed E-state index contributed by atoms with van der Waals surface area (Å²) in [7, 11) is 1.75.